The second-order valence-electron chi connectivity index (χ2n) is 2.03. The van der Waals surface area contributed by atoms with Gasteiger partial charge in [0.1, 0.15) is 5.76 Å². The van der Waals surface area contributed by atoms with Gasteiger partial charge >= 0.3 is 0 Å². The van der Waals surface area contributed by atoms with E-state index in [0.29, 0.717) is 5.76 Å². The lowest BCUT2D eigenvalue weighted by Gasteiger charge is -1.99. The zero-order valence-electron chi connectivity index (χ0n) is 5.34. The van der Waals surface area contributed by atoms with Gasteiger partial charge in [-0.2, -0.15) is 0 Å². The maximum atomic E-state index is 10.7. The molecule has 0 radical (unpaired) electrons. The van der Waals surface area contributed by atoms with Crippen molar-refractivity contribution < 1.29 is 14.6 Å². The third kappa shape index (κ3) is 0.781. The van der Waals surface area contributed by atoms with Gasteiger partial charge in [0.05, 0.1) is 0 Å². The van der Waals surface area contributed by atoms with Gasteiger partial charge < -0.3 is 9.84 Å². The van der Waals surface area contributed by atoms with E-state index in [2.05, 4.69) is 0 Å². The number of hydrogen-bond acceptors (Lipinski definition) is 3. The van der Waals surface area contributed by atoms with E-state index in [1.165, 1.54) is 0 Å². The van der Waals surface area contributed by atoms with Gasteiger partial charge in [0, 0.05) is 0 Å². The Morgan fingerprint density at radius 3 is 2.33 bits per heavy atom. The van der Waals surface area contributed by atoms with Crippen molar-refractivity contribution in [2.24, 2.45) is 0 Å². The van der Waals surface area contributed by atoms with Crippen molar-refractivity contribution in [3.05, 3.63) is 11.5 Å². The predicted octanol–water partition coefficient (Wildman–Crippen LogP) is 0.764. The van der Waals surface area contributed by atoms with Crippen molar-refractivity contribution in [1.29, 1.82) is 0 Å². The summed E-state index contributed by atoms with van der Waals surface area (Å²) in [6, 6.07) is 0. The number of carbonyl (C=O) groups is 1. The number of Topliss-reactive ketones (excluding diaryl/α,β-unsaturated/α-hetero) is 1. The average Bonchev–Trinajstić information content (AvgIpc) is 1.98. The molecule has 1 atom stereocenters. The molecule has 0 aromatic carbocycles. The molecule has 0 fully saturated rings. The second kappa shape index (κ2) is 1.76. The molecule has 0 aromatic rings. The van der Waals surface area contributed by atoms with Crippen molar-refractivity contribution in [1.82, 2.24) is 0 Å². The van der Waals surface area contributed by atoms with Gasteiger partial charge in [0.2, 0.25) is 11.5 Å². The first-order valence-corrected chi connectivity index (χ1v) is 2.73. The van der Waals surface area contributed by atoms with Crippen LogP contribution in [0, 0.1) is 0 Å². The average molecular weight is 129 g/mol. The van der Waals surface area contributed by atoms with Gasteiger partial charge in [-0.05, 0) is 13.8 Å². The molecular formula is C6H8O3. The van der Waals surface area contributed by atoms with Crippen LogP contribution in [0.15, 0.2) is 11.5 Å². The number of aliphatic hydroxyl groups excluding tert-OH is 1. The van der Waals surface area contributed by atoms with Gasteiger partial charge in [0.25, 0.3) is 0 Å². The second-order valence-corrected chi connectivity index (χ2v) is 2.03. The van der Waals surface area contributed by atoms with E-state index >= 15 is 0 Å². The van der Waals surface area contributed by atoms with Crippen LogP contribution >= 0.6 is 0 Å². The Balaban J connectivity index is 2.87. The number of ketones is 1. The minimum absolute atomic E-state index is 0.234. The Morgan fingerprint density at radius 2 is 2.22 bits per heavy atom. The molecule has 0 saturated carbocycles. The molecule has 0 bridgehead atoms. The molecule has 50 valence electrons. The largest absolute Gasteiger partial charge is 0.502 e. The zero-order valence-corrected chi connectivity index (χ0v) is 5.34. The number of ether oxygens (including phenoxy) is 1. The summed E-state index contributed by atoms with van der Waals surface area (Å²) >= 11 is 0. The molecule has 1 aliphatic rings. The summed E-state index contributed by atoms with van der Waals surface area (Å²) in [5.74, 6) is -0.234. The Morgan fingerprint density at radius 1 is 1.67 bits per heavy atom. The molecular weight excluding hydrogens is 121 g/mol. The molecule has 1 aliphatic heterocycles. The van der Waals surface area contributed by atoms with Crippen LogP contribution in [-0.2, 0) is 9.53 Å². The fourth-order valence-electron chi connectivity index (χ4n) is 0.741. The molecule has 3 heteroatoms. The number of hydrogen-bond donors (Lipinski definition) is 1. The number of carbonyl (C=O) groups excluding carboxylic acids is 1. The van der Waals surface area contributed by atoms with Crippen LogP contribution < -0.4 is 0 Å². The number of rotatable bonds is 0. The summed E-state index contributed by atoms with van der Waals surface area (Å²) < 4.78 is 4.87. The zero-order chi connectivity index (χ0) is 7.02. The highest BCUT2D eigenvalue weighted by Crippen LogP contribution is 2.17. The summed E-state index contributed by atoms with van der Waals surface area (Å²) in [6.07, 6.45) is -0.495. The lowest BCUT2D eigenvalue weighted by Crippen LogP contribution is -2.12. The molecule has 1 heterocycles. The van der Waals surface area contributed by atoms with Crippen LogP contribution in [-0.4, -0.2) is 17.0 Å². The first kappa shape index (κ1) is 6.13. The molecule has 1 rings (SSSR count). The molecule has 9 heavy (non-hydrogen) atoms. The Bertz CT molecular complexity index is 181. The SMILES string of the molecule is CC1=C(O)C(=O)C([13CH3])O1. The van der Waals surface area contributed by atoms with Crippen LogP contribution in [0.4, 0.5) is 0 Å². The number of aliphatic hydroxyl groups is 1. The van der Waals surface area contributed by atoms with E-state index in [9.17, 15) is 4.79 Å². The summed E-state index contributed by atoms with van der Waals surface area (Å²) in [6.45, 7) is 3.17. The minimum Gasteiger partial charge on any atom is -0.502 e. The fourth-order valence-corrected chi connectivity index (χ4v) is 0.741. The molecule has 0 aliphatic carbocycles. The molecule has 0 aromatic heterocycles. The Hall–Kier alpha value is -0.990. The van der Waals surface area contributed by atoms with Crippen LogP contribution in [0.5, 0.6) is 0 Å². The van der Waals surface area contributed by atoms with Crippen molar-refractivity contribution >= 4 is 5.78 Å². The van der Waals surface area contributed by atoms with Crippen molar-refractivity contribution in [2.75, 3.05) is 0 Å². The first-order chi connectivity index (χ1) is 4.13. The van der Waals surface area contributed by atoms with E-state index in [0.717, 1.165) is 0 Å². The predicted molar refractivity (Wildman–Crippen MR) is 30.9 cm³/mol. The van der Waals surface area contributed by atoms with E-state index < -0.39 is 6.10 Å². The highest BCUT2D eigenvalue weighted by Gasteiger charge is 2.28. The lowest BCUT2D eigenvalue weighted by molar-refractivity contribution is -0.122. The molecule has 0 amide bonds. The normalized spacial score (nSPS) is 26.9. The Labute approximate surface area is 52.9 Å². The first-order valence-electron chi connectivity index (χ1n) is 2.73. The van der Waals surface area contributed by atoms with Crippen LogP contribution in [0.1, 0.15) is 13.8 Å². The van der Waals surface area contributed by atoms with E-state index in [-0.39, 0.29) is 11.5 Å². The lowest BCUT2D eigenvalue weighted by atomic mass is 10.3. The topological polar surface area (TPSA) is 46.5 Å². The van der Waals surface area contributed by atoms with Gasteiger partial charge in [-0.25, -0.2) is 0 Å². The highest BCUT2D eigenvalue weighted by molar-refractivity contribution is 5.98. The Kier molecular flexibility index (Phi) is 1.20. The maximum Gasteiger partial charge on any atom is 0.240 e. The van der Waals surface area contributed by atoms with Crippen LogP contribution in [0.3, 0.4) is 0 Å². The maximum absolute atomic E-state index is 10.7. The van der Waals surface area contributed by atoms with E-state index in [1.54, 1.807) is 13.8 Å². The molecule has 1 N–H and O–H groups in total. The molecule has 3 nitrogen and oxygen atoms in total. The summed E-state index contributed by atoms with van der Waals surface area (Å²) in [4.78, 5) is 10.7. The van der Waals surface area contributed by atoms with E-state index in [1.807, 2.05) is 0 Å². The standard InChI is InChI=1S/C6H8O3/c1-3-5(7)6(8)4(2)9-3/h3,8H,1-2H3/i1+1. The highest BCUT2D eigenvalue weighted by atomic mass is 16.5. The minimum atomic E-state index is -0.495. The summed E-state index contributed by atoms with van der Waals surface area (Å²) in [7, 11) is 0. The van der Waals surface area contributed by atoms with Crippen molar-refractivity contribution in [2.45, 2.75) is 20.0 Å². The van der Waals surface area contributed by atoms with Gasteiger partial charge in [-0.1, -0.05) is 0 Å². The van der Waals surface area contributed by atoms with Crippen LogP contribution in [0.2, 0.25) is 0 Å². The van der Waals surface area contributed by atoms with Gasteiger partial charge in [-0.15, -0.1) is 0 Å². The quantitative estimate of drug-likeness (QED) is 0.491. The van der Waals surface area contributed by atoms with E-state index in [4.69, 9.17) is 9.84 Å². The number of allylic oxidation sites excluding steroid dienone is 1. The molecule has 0 spiro atoms. The van der Waals surface area contributed by atoms with Gasteiger partial charge in [0.15, 0.2) is 6.10 Å². The fraction of sp³-hybridized carbons (Fsp3) is 0.500. The van der Waals surface area contributed by atoms with Crippen molar-refractivity contribution in [3.63, 3.8) is 0 Å². The monoisotopic (exact) mass is 129 g/mol. The smallest absolute Gasteiger partial charge is 0.240 e. The molecule has 0 saturated heterocycles. The summed E-state index contributed by atoms with van der Waals surface area (Å²) in [5.41, 5.74) is 0. The third-order valence-electron chi connectivity index (χ3n) is 1.29. The van der Waals surface area contributed by atoms with Gasteiger partial charge in [-0.3, -0.25) is 4.79 Å². The van der Waals surface area contributed by atoms with Crippen LogP contribution in [0.25, 0.3) is 0 Å². The molecule has 1 unspecified atom stereocenters. The third-order valence-corrected chi connectivity index (χ3v) is 1.29. The van der Waals surface area contributed by atoms with Crippen molar-refractivity contribution in [3.8, 4) is 0 Å². The summed E-state index contributed by atoms with van der Waals surface area (Å²) in [5, 5.41) is 8.84.